The third-order valence-corrected chi connectivity index (χ3v) is 2.81. The molecule has 0 aliphatic heterocycles. The van der Waals surface area contributed by atoms with Crippen molar-refractivity contribution in [1.82, 2.24) is 25.3 Å². The van der Waals surface area contributed by atoms with Gasteiger partial charge in [-0.2, -0.15) is 10.2 Å². The minimum atomic E-state index is 0.0773. The molecule has 0 bridgehead atoms. The van der Waals surface area contributed by atoms with Crippen LogP contribution in [0.5, 0.6) is 0 Å². The molecule has 2 aromatic heterocycles. The lowest BCUT2D eigenvalue weighted by Gasteiger charge is -2.17. The SMILES string of the molecule is Cn1cc(CNCc2cn[nH]c2)c(C(C)(C)C)n1. The summed E-state index contributed by atoms with van der Waals surface area (Å²) in [6, 6.07) is 0. The Labute approximate surface area is 108 Å². The molecule has 18 heavy (non-hydrogen) atoms. The Morgan fingerprint density at radius 3 is 2.72 bits per heavy atom. The highest BCUT2D eigenvalue weighted by molar-refractivity contribution is 5.24. The van der Waals surface area contributed by atoms with Gasteiger partial charge < -0.3 is 5.32 Å². The number of hydrogen-bond donors (Lipinski definition) is 2. The standard InChI is InChI=1S/C13H21N5/c1-13(2,3)12-11(9-18(4)17-12)8-14-5-10-6-15-16-7-10/h6-7,9,14H,5,8H2,1-4H3,(H,15,16). The molecule has 5 nitrogen and oxygen atoms in total. The minimum Gasteiger partial charge on any atom is -0.308 e. The maximum absolute atomic E-state index is 4.56. The molecule has 0 aromatic carbocycles. The number of aromatic nitrogens is 4. The van der Waals surface area contributed by atoms with E-state index in [-0.39, 0.29) is 5.41 Å². The van der Waals surface area contributed by atoms with Crippen LogP contribution < -0.4 is 5.32 Å². The number of nitrogens with one attached hydrogen (secondary N) is 2. The third kappa shape index (κ3) is 2.98. The highest BCUT2D eigenvalue weighted by atomic mass is 15.3. The summed E-state index contributed by atoms with van der Waals surface area (Å²) >= 11 is 0. The molecular weight excluding hydrogens is 226 g/mol. The fourth-order valence-corrected chi connectivity index (χ4v) is 2.01. The lowest BCUT2D eigenvalue weighted by atomic mass is 9.89. The van der Waals surface area contributed by atoms with Gasteiger partial charge in [0.1, 0.15) is 0 Å². The van der Waals surface area contributed by atoms with Crippen LogP contribution >= 0.6 is 0 Å². The Hall–Kier alpha value is -1.62. The number of H-pyrrole nitrogens is 1. The molecule has 0 aliphatic carbocycles. The average Bonchev–Trinajstić information content (AvgIpc) is 2.87. The van der Waals surface area contributed by atoms with Crippen molar-refractivity contribution in [3.8, 4) is 0 Å². The van der Waals surface area contributed by atoms with Crippen LogP contribution in [0.1, 0.15) is 37.6 Å². The average molecular weight is 247 g/mol. The van der Waals surface area contributed by atoms with E-state index in [9.17, 15) is 0 Å². The Bertz CT molecular complexity index is 490. The van der Waals surface area contributed by atoms with Crippen molar-refractivity contribution in [3.63, 3.8) is 0 Å². The monoisotopic (exact) mass is 247 g/mol. The molecule has 0 amide bonds. The van der Waals surface area contributed by atoms with Crippen LogP contribution in [0.25, 0.3) is 0 Å². The first-order valence-electron chi connectivity index (χ1n) is 6.18. The summed E-state index contributed by atoms with van der Waals surface area (Å²) < 4.78 is 1.88. The molecule has 0 aliphatic rings. The van der Waals surface area contributed by atoms with Crippen molar-refractivity contribution in [2.24, 2.45) is 7.05 Å². The molecule has 2 heterocycles. The lowest BCUT2D eigenvalue weighted by molar-refractivity contribution is 0.543. The van der Waals surface area contributed by atoms with Gasteiger partial charge in [0.05, 0.1) is 11.9 Å². The molecule has 0 saturated heterocycles. The van der Waals surface area contributed by atoms with Crippen molar-refractivity contribution < 1.29 is 0 Å². The van der Waals surface area contributed by atoms with Gasteiger partial charge in [-0.1, -0.05) is 20.8 Å². The summed E-state index contributed by atoms with van der Waals surface area (Å²) in [6.07, 6.45) is 5.82. The number of aryl methyl sites for hydroxylation is 1. The van der Waals surface area contributed by atoms with E-state index in [4.69, 9.17) is 0 Å². The zero-order valence-corrected chi connectivity index (χ0v) is 11.5. The molecule has 0 radical (unpaired) electrons. The van der Waals surface area contributed by atoms with Gasteiger partial charge in [-0.3, -0.25) is 9.78 Å². The lowest BCUT2D eigenvalue weighted by Crippen LogP contribution is -2.18. The van der Waals surface area contributed by atoms with E-state index in [2.05, 4.69) is 47.6 Å². The molecule has 0 fully saturated rings. The van der Waals surface area contributed by atoms with Gasteiger partial charge in [0.25, 0.3) is 0 Å². The van der Waals surface area contributed by atoms with Gasteiger partial charge in [-0.05, 0) is 0 Å². The number of hydrogen-bond acceptors (Lipinski definition) is 3. The molecule has 2 N–H and O–H groups in total. The van der Waals surface area contributed by atoms with E-state index in [0.29, 0.717) is 0 Å². The van der Waals surface area contributed by atoms with E-state index in [1.54, 1.807) is 0 Å². The van der Waals surface area contributed by atoms with E-state index in [1.165, 1.54) is 5.56 Å². The smallest absolute Gasteiger partial charge is 0.0722 e. The first-order chi connectivity index (χ1) is 8.47. The van der Waals surface area contributed by atoms with Crippen molar-refractivity contribution in [2.45, 2.75) is 39.3 Å². The fourth-order valence-electron chi connectivity index (χ4n) is 2.01. The number of rotatable bonds is 4. The summed E-state index contributed by atoms with van der Waals surface area (Å²) in [6.45, 7) is 8.21. The number of aromatic amines is 1. The topological polar surface area (TPSA) is 58.5 Å². The first-order valence-corrected chi connectivity index (χ1v) is 6.18. The zero-order chi connectivity index (χ0) is 13.2. The second-order valence-electron chi connectivity index (χ2n) is 5.64. The zero-order valence-electron chi connectivity index (χ0n) is 11.5. The third-order valence-electron chi connectivity index (χ3n) is 2.81. The Kier molecular flexibility index (Phi) is 3.52. The Morgan fingerprint density at radius 2 is 2.11 bits per heavy atom. The van der Waals surface area contributed by atoms with E-state index < -0.39 is 0 Å². The summed E-state index contributed by atoms with van der Waals surface area (Å²) in [5.74, 6) is 0. The van der Waals surface area contributed by atoms with Crippen LogP contribution in [0.15, 0.2) is 18.6 Å². The second-order valence-corrected chi connectivity index (χ2v) is 5.64. The van der Waals surface area contributed by atoms with E-state index in [1.807, 2.05) is 24.1 Å². The predicted octanol–water partition coefficient (Wildman–Crippen LogP) is 1.73. The minimum absolute atomic E-state index is 0.0773. The van der Waals surface area contributed by atoms with Gasteiger partial charge in [0.15, 0.2) is 0 Å². The molecule has 98 valence electrons. The number of nitrogens with zero attached hydrogens (tertiary/aromatic N) is 3. The molecule has 2 aromatic rings. The molecule has 0 atom stereocenters. The first kappa shape index (κ1) is 12.8. The van der Waals surface area contributed by atoms with Gasteiger partial charge in [-0.25, -0.2) is 0 Å². The maximum Gasteiger partial charge on any atom is 0.0722 e. The van der Waals surface area contributed by atoms with Gasteiger partial charge >= 0.3 is 0 Å². The van der Waals surface area contributed by atoms with Crippen LogP contribution in [0, 0.1) is 0 Å². The van der Waals surface area contributed by atoms with E-state index >= 15 is 0 Å². The van der Waals surface area contributed by atoms with Crippen LogP contribution in [-0.2, 0) is 25.6 Å². The largest absolute Gasteiger partial charge is 0.308 e. The van der Waals surface area contributed by atoms with E-state index in [0.717, 1.165) is 24.3 Å². The Balaban J connectivity index is 2.01. The summed E-state index contributed by atoms with van der Waals surface area (Å²) in [5.41, 5.74) is 3.66. The maximum atomic E-state index is 4.56. The van der Waals surface area contributed by atoms with Crippen LogP contribution in [-0.4, -0.2) is 20.0 Å². The predicted molar refractivity (Wildman–Crippen MR) is 71.0 cm³/mol. The second kappa shape index (κ2) is 4.94. The summed E-state index contributed by atoms with van der Waals surface area (Å²) in [4.78, 5) is 0. The van der Waals surface area contributed by atoms with Crippen molar-refractivity contribution in [2.75, 3.05) is 0 Å². The van der Waals surface area contributed by atoms with Crippen LogP contribution in [0.2, 0.25) is 0 Å². The summed E-state index contributed by atoms with van der Waals surface area (Å²) in [7, 11) is 1.97. The molecule has 0 unspecified atom stereocenters. The van der Waals surface area contributed by atoms with Crippen LogP contribution in [0.4, 0.5) is 0 Å². The molecule has 0 saturated carbocycles. The van der Waals surface area contributed by atoms with Gasteiger partial charge in [0.2, 0.25) is 0 Å². The van der Waals surface area contributed by atoms with Gasteiger partial charge in [-0.15, -0.1) is 0 Å². The molecule has 2 rings (SSSR count). The Morgan fingerprint density at radius 1 is 1.33 bits per heavy atom. The van der Waals surface area contributed by atoms with Gasteiger partial charge in [0, 0.05) is 49.1 Å². The normalized spacial score (nSPS) is 12.0. The molecule has 0 spiro atoms. The van der Waals surface area contributed by atoms with Crippen molar-refractivity contribution >= 4 is 0 Å². The van der Waals surface area contributed by atoms with Crippen molar-refractivity contribution in [3.05, 3.63) is 35.4 Å². The highest BCUT2D eigenvalue weighted by Gasteiger charge is 2.21. The quantitative estimate of drug-likeness (QED) is 0.865. The summed E-state index contributed by atoms with van der Waals surface area (Å²) in [5, 5.41) is 14.7. The molecular formula is C13H21N5. The van der Waals surface area contributed by atoms with Crippen LogP contribution in [0.3, 0.4) is 0 Å². The molecule has 5 heteroatoms. The fraction of sp³-hybridized carbons (Fsp3) is 0.538. The highest BCUT2D eigenvalue weighted by Crippen LogP contribution is 2.23. The van der Waals surface area contributed by atoms with Crippen molar-refractivity contribution in [1.29, 1.82) is 0 Å².